The van der Waals surface area contributed by atoms with E-state index < -0.39 is 11.9 Å². The number of esters is 2. The van der Waals surface area contributed by atoms with Gasteiger partial charge in [-0.2, -0.15) is 0 Å². The van der Waals surface area contributed by atoms with E-state index in [4.69, 9.17) is 9.47 Å². The first kappa shape index (κ1) is 24.6. The Balaban J connectivity index is 1.18. The molecule has 5 rings (SSSR count). The summed E-state index contributed by atoms with van der Waals surface area (Å²) in [7, 11) is 0. The molecule has 0 saturated heterocycles. The SMILES string of the molecule is O=Cc1cccc2ccc(C(=O)OCc3ccc(COC(=O)c4ccc5cccc(C=O)c5c4)cc3)cc12. The van der Waals surface area contributed by atoms with Gasteiger partial charge in [0.1, 0.15) is 13.2 Å². The van der Waals surface area contributed by atoms with E-state index in [1.807, 2.05) is 12.1 Å². The van der Waals surface area contributed by atoms with Gasteiger partial charge in [-0.25, -0.2) is 9.59 Å². The van der Waals surface area contributed by atoms with E-state index >= 15 is 0 Å². The molecule has 5 aromatic rings. The third kappa shape index (κ3) is 5.20. The molecule has 0 spiro atoms. The molecule has 0 amide bonds. The van der Waals surface area contributed by atoms with E-state index in [0.717, 1.165) is 34.5 Å². The van der Waals surface area contributed by atoms with Crippen molar-refractivity contribution >= 4 is 46.1 Å². The average Bonchev–Trinajstić information content (AvgIpc) is 2.97. The van der Waals surface area contributed by atoms with Gasteiger partial charge >= 0.3 is 11.9 Å². The van der Waals surface area contributed by atoms with Crippen LogP contribution in [0.2, 0.25) is 0 Å². The lowest BCUT2D eigenvalue weighted by Crippen LogP contribution is -2.06. The summed E-state index contributed by atoms with van der Waals surface area (Å²) in [5.74, 6) is -0.975. The molecule has 38 heavy (non-hydrogen) atoms. The second-order valence-corrected chi connectivity index (χ2v) is 8.77. The van der Waals surface area contributed by atoms with Crippen LogP contribution in [0, 0.1) is 0 Å². The molecule has 0 saturated carbocycles. The van der Waals surface area contributed by atoms with Crippen LogP contribution in [0.1, 0.15) is 52.6 Å². The Hall–Kier alpha value is -5.10. The highest BCUT2D eigenvalue weighted by Gasteiger charge is 2.12. The number of carbonyl (C=O) groups is 4. The van der Waals surface area contributed by atoms with Gasteiger partial charge in [-0.15, -0.1) is 0 Å². The maximum Gasteiger partial charge on any atom is 0.338 e. The number of aldehydes is 2. The van der Waals surface area contributed by atoms with Crippen molar-refractivity contribution < 1.29 is 28.7 Å². The monoisotopic (exact) mass is 502 g/mol. The summed E-state index contributed by atoms with van der Waals surface area (Å²) in [6.07, 6.45) is 1.53. The molecule has 0 radical (unpaired) electrons. The standard InChI is InChI=1S/C32H22O6/c33-17-27-5-1-3-23-11-13-25(15-29(23)27)31(35)37-19-21-7-9-22(10-8-21)20-38-32(36)26-14-12-24-4-2-6-28(18-34)30(24)16-26/h1-18H,19-20H2. The fourth-order valence-corrected chi connectivity index (χ4v) is 4.25. The molecule has 0 atom stereocenters. The Morgan fingerprint density at radius 3 is 1.37 bits per heavy atom. The quantitative estimate of drug-likeness (QED) is 0.182. The summed E-state index contributed by atoms with van der Waals surface area (Å²) in [6, 6.07) is 28.2. The summed E-state index contributed by atoms with van der Waals surface area (Å²) in [5.41, 5.74) is 3.31. The molecule has 0 bridgehead atoms. The van der Waals surface area contributed by atoms with E-state index in [0.29, 0.717) is 33.0 Å². The number of carbonyl (C=O) groups excluding carboxylic acids is 4. The van der Waals surface area contributed by atoms with Gasteiger partial charge in [0.2, 0.25) is 0 Å². The normalized spacial score (nSPS) is 10.7. The van der Waals surface area contributed by atoms with Crippen molar-refractivity contribution in [3.8, 4) is 0 Å². The second-order valence-electron chi connectivity index (χ2n) is 8.77. The highest BCUT2D eigenvalue weighted by Crippen LogP contribution is 2.22. The minimum atomic E-state index is -0.487. The number of benzene rings is 5. The van der Waals surface area contributed by atoms with E-state index in [-0.39, 0.29) is 13.2 Å². The highest BCUT2D eigenvalue weighted by atomic mass is 16.5. The first-order valence-corrected chi connectivity index (χ1v) is 11.9. The van der Waals surface area contributed by atoms with Crippen molar-refractivity contribution in [1.82, 2.24) is 0 Å². The summed E-state index contributed by atoms with van der Waals surface area (Å²) in [4.78, 5) is 47.8. The van der Waals surface area contributed by atoms with Crippen molar-refractivity contribution in [1.29, 1.82) is 0 Å². The van der Waals surface area contributed by atoms with Crippen LogP contribution < -0.4 is 0 Å². The minimum absolute atomic E-state index is 0.0718. The predicted octanol–water partition coefficient (Wildman–Crippen LogP) is 6.33. The predicted molar refractivity (Wildman–Crippen MR) is 143 cm³/mol. The lowest BCUT2D eigenvalue weighted by molar-refractivity contribution is 0.0460. The van der Waals surface area contributed by atoms with Crippen molar-refractivity contribution in [2.75, 3.05) is 0 Å². The maximum atomic E-state index is 12.6. The number of rotatable bonds is 8. The van der Waals surface area contributed by atoms with E-state index in [9.17, 15) is 19.2 Å². The molecular formula is C32H22O6. The lowest BCUT2D eigenvalue weighted by Gasteiger charge is -2.09. The first-order valence-electron chi connectivity index (χ1n) is 11.9. The number of fused-ring (bicyclic) bond motifs is 2. The largest absolute Gasteiger partial charge is 0.457 e. The Labute approximate surface area is 218 Å². The van der Waals surface area contributed by atoms with E-state index in [1.165, 1.54) is 0 Å². The molecule has 0 aromatic heterocycles. The maximum absolute atomic E-state index is 12.6. The molecule has 0 aliphatic carbocycles. The van der Waals surface area contributed by atoms with Crippen LogP contribution in [0.5, 0.6) is 0 Å². The van der Waals surface area contributed by atoms with Gasteiger partial charge in [-0.3, -0.25) is 9.59 Å². The summed E-state index contributed by atoms with van der Waals surface area (Å²) >= 11 is 0. The zero-order valence-corrected chi connectivity index (χ0v) is 20.3. The fraction of sp³-hybridized carbons (Fsp3) is 0.0625. The van der Waals surface area contributed by atoms with Gasteiger partial charge in [0.25, 0.3) is 0 Å². The first-order chi connectivity index (χ1) is 18.6. The highest BCUT2D eigenvalue weighted by molar-refractivity contribution is 6.03. The number of hydrogen-bond donors (Lipinski definition) is 0. The Bertz CT molecular complexity index is 1560. The second kappa shape index (κ2) is 10.9. The summed E-state index contributed by atoms with van der Waals surface area (Å²) in [5, 5.41) is 3.13. The lowest BCUT2D eigenvalue weighted by atomic mass is 10.0. The van der Waals surface area contributed by atoms with Crippen molar-refractivity contribution in [3.05, 3.63) is 130 Å². The Morgan fingerprint density at radius 1 is 0.553 bits per heavy atom. The third-order valence-electron chi connectivity index (χ3n) is 6.32. The smallest absolute Gasteiger partial charge is 0.338 e. The zero-order chi connectivity index (χ0) is 26.5. The van der Waals surface area contributed by atoms with E-state index in [2.05, 4.69) is 0 Å². The Morgan fingerprint density at radius 2 is 0.974 bits per heavy atom. The molecule has 0 unspecified atom stereocenters. The molecule has 6 heteroatoms. The van der Waals surface area contributed by atoms with Crippen LogP contribution in [0.15, 0.2) is 97.1 Å². The van der Waals surface area contributed by atoms with Crippen LogP contribution in [0.25, 0.3) is 21.5 Å². The molecule has 0 fully saturated rings. The van der Waals surface area contributed by atoms with Gasteiger partial charge in [-0.05, 0) is 56.9 Å². The van der Waals surface area contributed by atoms with Crippen LogP contribution in [-0.4, -0.2) is 24.5 Å². The molecule has 0 heterocycles. The van der Waals surface area contributed by atoms with Crippen LogP contribution in [0.4, 0.5) is 0 Å². The minimum Gasteiger partial charge on any atom is -0.457 e. The summed E-state index contributed by atoms with van der Waals surface area (Å²) in [6.45, 7) is 0.144. The molecular weight excluding hydrogens is 480 g/mol. The molecule has 0 aliphatic heterocycles. The number of hydrogen-bond acceptors (Lipinski definition) is 6. The van der Waals surface area contributed by atoms with E-state index in [1.54, 1.807) is 84.9 Å². The summed E-state index contributed by atoms with van der Waals surface area (Å²) < 4.78 is 10.9. The molecule has 186 valence electrons. The van der Waals surface area contributed by atoms with Crippen molar-refractivity contribution in [3.63, 3.8) is 0 Å². The van der Waals surface area contributed by atoms with Crippen molar-refractivity contribution in [2.24, 2.45) is 0 Å². The third-order valence-corrected chi connectivity index (χ3v) is 6.32. The van der Waals surface area contributed by atoms with Crippen LogP contribution in [-0.2, 0) is 22.7 Å². The molecule has 0 aliphatic rings. The van der Waals surface area contributed by atoms with Gasteiger partial charge in [0.15, 0.2) is 12.6 Å². The van der Waals surface area contributed by atoms with Crippen LogP contribution in [0.3, 0.4) is 0 Å². The molecule has 5 aromatic carbocycles. The van der Waals surface area contributed by atoms with Crippen LogP contribution >= 0.6 is 0 Å². The fourth-order valence-electron chi connectivity index (χ4n) is 4.25. The van der Waals surface area contributed by atoms with Gasteiger partial charge < -0.3 is 9.47 Å². The van der Waals surface area contributed by atoms with Crippen molar-refractivity contribution in [2.45, 2.75) is 13.2 Å². The Kier molecular flexibility index (Phi) is 7.04. The zero-order valence-electron chi connectivity index (χ0n) is 20.3. The average molecular weight is 503 g/mol. The van der Waals surface area contributed by atoms with Gasteiger partial charge in [0.05, 0.1) is 11.1 Å². The molecule has 0 N–H and O–H groups in total. The molecule has 6 nitrogen and oxygen atoms in total. The van der Waals surface area contributed by atoms with Gasteiger partial charge in [-0.1, -0.05) is 72.8 Å². The topological polar surface area (TPSA) is 86.7 Å². The number of ether oxygens (including phenoxy) is 2. The van der Waals surface area contributed by atoms with Gasteiger partial charge in [0, 0.05) is 11.1 Å².